The summed E-state index contributed by atoms with van der Waals surface area (Å²) in [5.41, 5.74) is 0.354. The largest absolute Gasteiger partial charge is 0.334 e. The van der Waals surface area contributed by atoms with Crippen molar-refractivity contribution in [1.29, 1.82) is 0 Å². The van der Waals surface area contributed by atoms with Crippen LogP contribution in [0.3, 0.4) is 0 Å². The van der Waals surface area contributed by atoms with Gasteiger partial charge in [0.25, 0.3) is 10.0 Å². The highest BCUT2D eigenvalue weighted by molar-refractivity contribution is 7.92. The highest BCUT2D eigenvalue weighted by Crippen LogP contribution is 2.17. The van der Waals surface area contributed by atoms with Crippen molar-refractivity contribution in [2.24, 2.45) is 0 Å². The molecule has 0 saturated heterocycles. The van der Waals surface area contributed by atoms with Gasteiger partial charge in [0.05, 0.1) is 5.69 Å². The smallest absolute Gasteiger partial charge is 0.280 e. The molecule has 0 spiro atoms. The van der Waals surface area contributed by atoms with Gasteiger partial charge in [-0.05, 0) is 25.5 Å². The summed E-state index contributed by atoms with van der Waals surface area (Å²) in [5, 5.41) is 0.217. The molecule has 0 aliphatic heterocycles. The predicted octanol–water partition coefficient (Wildman–Crippen LogP) is 2.45. The Bertz CT molecular complexity index is 712. The summed E-state index contributed by atoms with van der Waals surface area (Å²) in [6.45, 7) is 4.53. The summed E-state index contributed by atoms with van der Waals surface area (Å²) < 4.78 is 28.7. The lowest BCUT2D eigenvalue weighted by Gasteiger charge is -2.05. The van der Waals surface area contributed by atoms with Crippen LogP contribution in [0.1, 0.15) is 19.2 Å². The zero-order chi connectivity index (χ0) is 14.8. The highest BCUT2D eigenvalue weighted by atomic mass is 35.5. The zero-order valence-electron chi connectivity index (χ0n) is 11.2. The van der Waals surface area contributed by atoms with E-state index < -0.39 is 10.0 Å². The van der Waals surface area contributed by atoms with E-state index in [0.29, 0.717) is 11.5 Å². The molecule has 0 fully saturated rings. The number of rotatable bonds is 5. The molecule has 0 radical (unpaired) electrons. The van der Waals surface area contributed by atoms with E-state index in [0.717, 1.165) is 13.0 Å². The van der Waals surface area contributed by atoms with Crippen LogP contribution >= 0.6 is 11.6 Å². The van der Waals surface area contributed by atoms with E-state index in [1.165, 1.54) is 24.5 Å². The molecule has 8 heteroatoms. The van der Waals surface area contributed by atoms with Gasteiger partial charge in [-0.1, -0.05) is 18.5 Å². The van der Waals surface area contributed by atoms with Gasteiger partial charge in [-0.3, -0.25) is 4.72 Å². The van der Waals surface area contributed by atoms with Crippen molar-refractivity contribution < 1.29 is 8.42 Å². The molecule has 2 aromatic rings. The molecule has 0 bridgehead atoms. The number of pyridine rings is 1. The topological polar surface area (TPSA) is 76.9 Å². The van der Waals surface area contributed by atoms with Crippen LogP contribution in [0.15, 0.2) is 29.6 Å². The van der Waals surface area contributed by atoms with Gasteiger partial charge in [-0.15, -0.1) is 0 Å². The molecule has 2 heterocycles. The van der Waals surface area contributed by atoms with E-state index in [-0.39, 0.29) is 10.2 Å². The number of nitrogens with one attached hydrogen (secondary N) is 1. The maximum Gasteiger partial charge on any atom is 0.280 e. The van der Waals surface area contributed by atoms with Crippen molar-refractivity contribution in [3.8, 4) is 0 Å². The van der Waals surface area contributed by atoms with Gasteiger partial charge in [0.15, 0.2) is 5.03 Å². The molecule has 0 aliphatic carbocycles. The SMILES string of the molecule is CCCn1cc(S(=O)(=O)Nc2ccnc(Cl)c2)nc1C. The van der Waals surface area contributed by atoms with Crippen LogP contribution < -0.4 is 4.72 Å². The third-order valence-corrected chi connectivity index (χ3v) is 4.13. The number of imidazole rings is 1. The summed E-state index contributed by atoms with van der Waals surface area (Å²) in [7, 11) is -3.72. The van der Waals surface area contributed by atoms with Crippen molar-refractivity contribution in [3.63, 3.8) is 0 Å². The molecule has 0 amide bonds. The van der Waals surface area contributed by atoms with Crippen LogP contribution in [0.2, 0.25) is 5.15 Å². The Kier molecular flexibility index (Phi) is 4.29. The van der Waals surface area contributed by atoms with Crippen LogP contribution in [0.5, 0.6) is 0 Å². The van der Waals surface area contributed by atoms with Gasteiger partial charge < -0.3 is 4.57 Å². The summed E-state index contributed by atoms with van der Waals surface area (Å²) in [4.78, 5) is 7.88. The van der Waals surface area contributed by atoms with Gasteiger partial charge in [-0.25, -0.2) is 9.97 Å². The minimum Gasteiger partial charge on any atom is -0.334 e. The molecule has 2 rings (SSSR count). The Morgan fingerprint density at radius 2 is 2.20 bits per heavy atom. The van der Waals surface area contributed by atoms with Crippen LogP contribution in [0, 0.1) is 6.92 Å². The van der Waals surface area contributed by atoms with E-state index in [1.807, 2.05) is 11.5 Å². The second-order valence-electron chi connectivity index (χ2n) is 4.29. The van der Waals surface area contributed by atoms with Crippen LogP contribution in [0.25, 0.3) is 0 Å². The first-order valence-corrected chi connectivity index (χ1v) is 7.96. The minimum atomic E-state index is -3.72. The second-order valence-corrected chi connectivity index (χ2v) is 6.31. The second kappa shape index (κ2) is 5.80. The number of sulfonamides is 1. The Labute approximate surface area is 122 Å². The van der Waals surface area contributed by atoms with Crippen LogP contribution in [-0.2, 0) is 16.6 Å². The maximum absolute atomic E-state index is 12.2. The average molecular weight is 315 g/mol. The van der Waals surface area contributed by atoms with Crippen LogP contribution in [0.4, 0.5) is 5.69 Å². The number of nitrogens with zero attached hydrogens (tertiary/aromatic N) is 3. The van der Waals surface area contributed by atoms with Crippen molar-refractivity contribution in [2.75, 3.05) is 4.72 Å². The summed E-state index contributed by atoms with van der Waals surface area (Å²) in [6.07, 6.45) is 3.87. The number of halogens is 1. The molecule has 108 valence electrons. The number of aryl methyl sites for hydroxylation is 2. The van der Waals surface area contributed by atoms with E-state index >= 15 is 0 Å². The Balaban J connectivity index is 2.28. The first-order valence-electron chi connectivity index (χ1n) is 6.10. The van der Waals surface area contributed by atoms with Gasteiger partial charge in [-0.2, -0.15) is 8.42 Å². The molecule has 0 atom stereocenters. The summed E-state index contributed by atoms with van der Waals surface area (Å²) in [5.74, 6) is 0.667. The molecule has 0 saturated carbocycles. The zero-order valence-corrected chi connectivity index (χ0v) is 12.7. The number of hydrogen-bond donors (Lipinski definition) is 1. The average Bonchev–Trinajstić information content (AvgIpc) is 2.72. The van der Waals surface area contributed by atoms with Gasteiger partial charge in [0, 0.05) is 18.9 Å². The first kappa shape index (κ1) is 14.8. The lowest BCUT2D eigenvalue weighted by Crippen LogP contribution is -2.13. The number of aromatic nitrogens is 3. The molecule has 0 unspecified atom stereocenters. The van der Waals surface area contributed by atoms with Crippen molar-refractivity contribution >= 4 is 27.3 Å². The van der Waals surface area contributed by atoms with Gasteiger partial charge >= 0.3 is 0 Å². The summed E-state index contributed by atoms with van der Waals surface area (Å²) in [6, 6.07) is 2.97. The number of hydrogen-bond acceptors (Lipinski definition) is 4. The van der Waals surface area contributed by atoms with Crippen molar-refractivity contribution in [1.82, 2.24) is 14.5 Å². The van der Waals surface area contributed by atoms with E-state index in [4.69, 9.17) is 11.6 Å². The third-order valence-electron chi connectivity index (χ3n) is 2.67. The van der Waals surface area contributed by atoms with Gasteiger partial charge in [0.1, 0.15) is 11.0 Å². The standard InChI is InChI=1S/C12H15ClN4O2S/c1-3-6-17-8-12(15-9(17)2)20(18,19)16-10-4-5-14-11(13)7-10/h4-5,7-8H,3,6H2,1-2H3,(H,14,16). The molecule has 0 aromatic carbocycles. The Morgan fingerprint density at radius 1 is 1.45 bits per heavy atom. The molecule has 20 heavy (non-hydrogen) atoms. The number of anilines is 1. The summed E-state index contributed by atoms with van der Waals surface area (Å²) >= 11 is 5.72. The maximum atomic E-state index is 12.2. The molecule has 1 N–H and O–H groups in total. The highest BCUT2D eigenvalue weighted by Gasteiger charge is 2.19. The predicted molar refractivity (Wildman–Crippen MR) is 77.3 cm³/mol. The normalized spacial score (nSPS) is 11.6. The van der Waals surface area contributed by atoms with Gasteiger partial charge in [0.2, 0.25) is 0 Å². The fraction of sp³-hybridized carbons (Fsp3) is 0.333. The quantitative estimate of drug-likeness (QED) is 0.860. The first-order chi connectivity index (χ1) is 9.42. The van der Waals surface area contributed by atoms with Crippen molar-refractivity contribution in [2.45, 2.75) is 31.8 Å². The molecular weight excluding hydrogens is 300 g/mol. The van der Waals surface area contributed by atoms with E-state index in [9.17, 15) is 8.42 Å². The Morgan fingerprint density at radius 3 is 2.85 bits per heavy atom. The molecule has 0 aliphatic rings. The molecule has 6 nitrogen and oxygen atoms in total. The third kappa shape index (κ3) is 3.29. The van der Waals surface area contributed by atoms with Crippen molar-refractivity contribution in [3.05, 3.63) is 35.5 Å². The lowest BCUT2D eigenvalue weighted by molar-refractivity contribution is 0.597. The lowest BCUT2D eigenvalue weighted by atomic mass is 10.4. The molecular formula is C12H15ClN4O2S. The Hall–Kier alpha value is -1.60. The minimum absolute atomic E-state index is 0.00335. The van der Waals surface area contributed by atoms with E-state index in [1.54, 1.807) is 6.92 Å². The fourth-order valence-corrected chi connectivity index (χ4v) is 2.98. The van der Waals surface area contributed by atoms with E-state index in [2.05, 4.69) is 14.7 Å². The monoisotopic (exact) mass is 314 g/mol. The van der Waals surface area contributed by atoms with Crippen LogP contribution in [-0.4, -0.2) is 23.0 Å². The molecule has 2 aromatic heterocycles. The fourth-order valence-electron chi connectivity index (χ4n) is 1.75.